The fourth-order valence-corrected chi connectivity index (χ4v) is 5.43. The van der Waals surface area contributed by atoms with Crippen molar-refractivity contribution in [2.24, 2.45) is 4.40 Å². The lowest BCUT2D eigenvalue weighted by molar-refractivity contribution is 0.0601. The van der Waals surface area contributed by atoms with E-state index in [-0.39, 0.29) is 15.6 Å². The zero-order chi connectivity index (χ0) is 18.0. The Bertz CT molecular complexity index is 1150. The van der Waals surface area contributed by atoms with Crippen molar-refractivity contribution in [2.75, 3.05) is 7.11 Å². The van der Waals surface area contributed by atoms with Crippen molar-refractivity contribution in [3.8, 4) is 12.3 Å². The number of hydrogen-bond acceptors (Lipinski definition) is 6. The second kappa shape index (κ2) is 6.84. The first kappa shape index (κ1) is 17.4. The predicted molar refractivity (Wildman–Crippen MR) is 97.1 cm³/mol. The minimum absolute atomic E-state index is 0.160. The molecule has 3 aromatic rings. The standard InChI is InChI=1S/C16H12N2O4S3/c1-3-8-18-12-7-6-11(15(19)22-2)10-13(12)24-16(18)17-25(20,21)14-5-4-9-23-14/h1,4-7,9-10H,8H2,2H3. The number of thiazole rings is 1. The molecule has 0 saturated heterocycles. The molecule has 3 rings (SSSR count). The van der Waals surface area contributed by atoms with Crippen LogP contribution in [-0.4, -0.2) is 26.1 Å². The molecule has 0 atom stereocenters. The Kier molecular flexibility index (Phi) is 4.76. The number of terminal acetylenes is 1. The number of esters is 1. The average molecular weight is 392 g/mol. The molecule has 0 bridgehead atoms. The summed E-state index contributed by atoms with van der Waals surface area (Å²) in [5.41, 5.74) is 1.08. The first-order valence-corrected chi connectivity index (χ1v) is 10.1. The number of sulfonamides is 1. The second-order valence-electron chi connectivity index (χ2n) is 4.85. The third-order valence-corrected chi connectivity index (χ3v) is 7.10. The quantitative estimate of drug-likeness (QED) is 0.505. The molecule has 0 fully saturated rings. The molecule has 9 heteroatoms. The Morgan fingerprint density at radius 2 is 2.20 bits per heavy atom. The summed E-state index contributed by atoms with van der Waals surface area (Å²) < 4.78 is 36.0. The Balaban J connectivity index is 2.24. The summed E-state index contributed by atoms with van der Waals surface area (Å²) >= 11 is 2.25. The lowest BCUT2D eigenvalue weighted by atomic mass is 10.2. The van der Waals surface area contributed by atoms with E-state index < -0.39 is 16.0 Å². The summed E-state index contributed by atoms with van der Waals surface area (Å²) in [7, 11) is -2.52. The van der Waals surface area contributed by atoms with Crippen LogP contribution in [0.3, 0.4) is 0 Å². The first-order chi connectivity index (χ1) is 12.0. The molecular weight excluding hydrogens is 380 g/mol. The number of benzene rings is 1. The smallest absolute Gasteiger partial charge is 0.337 e. The van der Waals surface area contributed by atoms with Gasteiger partial charge in [-0.25, -0.2) is 4.79 Å². The van der Waals surface area contributed by atoms with Gasteiger partial charge in [-0.3, -0.25) is 0 Å². The van der Waals surface area contributed by atoms with Crippen LogP contribution in [0.25, 0.3) is 10.2 Å². The summed E-state index contributed by atoms with van der Waals surface area (Å²) in [5, 5.41) is 1.67. The summed E-state index contributed by atoms with van der Waals surface area (Å²) in [6.07, 6.45) is 5.41. The van der Waals surface area contributed by atoms with Gasteiger partial charge in [-0.1, -0.05) is 23.3 Å². The highest BCUT2D eigenvalue weighted by molar-refractivity contribution is 7.92. The van der Waals surface area contributed by atoms with E-state index in [1.165, 1.54) is 13.2 Å². The third kappa shape index (κ3) is 3.37. The number of rotatable bonds is 4. The molecule has 1 aromatic carbocycles. The van der Waals surface area contributed by atoms with Gasteiger partial charge in [-0.15, -0.1) is 22.2 Å². The molecule has 0 amide bonds. The van der Waals surface area contributed by atoms with Crippen molar-refractivity contribution in [1.29, 1.82) is 0 Å². The number of ether oxygens (including phenoxy) is 1. The molecule has 6 nitrogen and oxygen atoms in total. The van der Waals surface area contributed by atoms with Crippen molar-refractivity contribution < 1.29 is 17.9 Å². The SMILES string of the molecule is C#CCn1c(=NS(=O)(=O)c2cccs2)sc2cc(C(=O)OC)ccc21. The minimum Gasteiger partial charge on any atom is -0.465 e. The number of aromatic nitrogens is 1. The van der Waals surface area contributed by atoms with Crippen LogP contribution in [0.15, 0.2) is 44.3 Å². The second-order valence-corrected chi connectivity index (χ2v) is 8.64. The minimum atomic E-state index is -3.82. The van der Waals surface area contributed by atoms with Crippen molar-refractivity contribution in [3.63, 3.8) is 0 Å². The molecule has 0 aliphatic carbocycles. The predicted octanol–water partition coefficient (Wildman–Crippen LogP) is 2.47. The number of hydrogen-bond donors (Lipinski definition) is 0. The van der Waals surface area contributed by atoms with E-state index >= 15 is 0 Å². The molecule has 0 aliphatic heterocycles. The fourth-order valence-electron chi connectivity index (χ4n) is 2.19. The van der Waals surface area contributed by atoms with Crippen LogP contribution < -0.4 is 4.80 Å². The van der Waals surface area contributed by atoms with E-state index in [9.17, 15) is 13.2 Å². The van der Waals surface area contributed by atoms with Crippen molar-refractivity contribution >= 4 is 48.9 Å². The van der Waals surface area contributed by atoms with Gasteiger partial charge in [0, 0.05) is 0 Å². The van der Waals surface area contributed by atoms with E-state index in [2.05, 4.69) is 10.3 Å². The van der Waals surface area contributed by atoms with Crippen molar-refractivity contribution in [3.05, 3.63) is 46.1 Å². The van der Waals surface area contributed by atoms with Crippen LogP contribution in [-0.2, 0) is 21.3 Å². The van der Waals surface area contributed by atoms with Crippen LogP contribution in [0, 0.1) is 12.3 Å². The van der Waals surface area contributed by atoms with Crippen LogP contribution in [0.1, 0.15) is 10.4 Å². The van der Waals surface area contributed by atoms with Crippen molar-refractivity contribution in [1.82, 2.24) is 4.57 Å². The van der Waals surface area contributed by atoms with E-state index in [1.807, 2.05) is 0 Å². The van der Waals surface area contributed by atoms with Crippen LogP contribution in [0.2, 0.25) is 0 Å². The molecule has 0 unspecified atom stereocenters. The average Bonchev–Trinajstić information content (AvgIpc) is 3.23. The maximum atomic E-state index is 12.4. The number of thiophene rings is 1. The van der Waals surface area contributed by atoms with Crippen molar-refractivity contribution in [2.45, 2.75) is 10.8 Å². The third-order valence-electron chi connectivity index (χ3n) is 3.30. The fraction of sp³-hybridized carbons (Fsp3) is 0.125. The van der Waals surface area contributed by atoms with Gasteiger partial charge < -0.3 is 9.30 Å². The van der Waals surface area contributed by atoms with E-state index in [0.717, 1.165) is 22.7 Å². The molecule has 0 radical (unpaired) electrons. The summed E-state index contributed by atoms with van der Waals surface area (Å²) in [6.45, 7) is 0.163. The zero-order valence-electron chi connectivity index (χ0n) is 13.0. The normalized spacial score (nSPS) is 12.2. The van der Waals surface area contributed by atoms with Crippen LogP contribution in [0.4, 0.5) is 0 Å². The molecule has 2 aromatic heterocycles. The Labute approximate surface area is 152 Å². The van der Waals surface area contributed by atoms with Crippen LogP contribution >= 0.6 is 22.7 Å². The van der Waals surface area contributed by atoms with Gasteiger partial charge in [0.2, 0.25) is 4.80 Å². The Morgan fingerprint density at radius 1 is 1.40 bits per heavy atom. The van der Waals surface area contributed by atoms with Gasteiger partial charge in [0.25, 0.3) is 10.0 Å². The van der Waals surface area contributed by atoms with Gasteiger partial charge in [0.15, 0.2) is 0 Å². The summed E-state index contributed by atoms with van der Waals surface area (Å²) in [5.74, 6) is 2.03. The summed E-state index contributed by atoms with van der Waals surface area (Å²) in [6, 6.07) is 8.08. The molecule has 128 valence electrons. The number of nitrogens with zero attached hydrogens (tertiary/aromatic N) is 2. The van der Waals surface area contributed by atoms with Gasteiger partial charge in [0.1, 0.15) is 4.21 Å². The molecule has 0 saturated carbocycles. The lowest BCUT2D eigenvalue weighted by Gasteiger charge is -2.01. The highest BCUT2D eigenvalue weighted by Gasteiger charge is 2.16. The first-order valence-electron chi connectivity index (χ1n) is 6.96. The summed E-state index contributed by atoms with van der Waals surface area (Å²) in [4.78, 5) is 11.9. The molecule has 25 heavy (non-hydrogen) atoms. The molecule has 0 aliphatic rings. The van der Waals surface area contributed by atoms with E-state index in [0.29, 0.717) is 15.8 Å². The number of fused-ring (bicyclic) bond motifs is 1. The molecule has 2 heterocycles. The zero-order valence-corrected chi connectivity index (χ0v) is 15.5. The highest BCUT2D eigenvalue weighted by Crippen LogP contribution is 2.22. The van der Waals surface area contributed by atoms with Crippen LogP contribution in [0.5, 0.6) is 0 Å². The largest absolute Gasteiger partial charge is 0.465 e. The Hall–Kier alpha value is -2.41. The Morgan fingerprint density at radius 3 is 2.84 bits per heavy atom. The molecule has 0 N–H and O–H groups in total. The van der Waals surface area contributed by atoms with Gasteiger partial charge in [-0.05, 0) is 29.6 Å². The van der Waals surface area contributed by atoms with E-state index in [1.54, 1.807) is 34.2 Å². The van der Waals surface area contributed by atoms with Gasteiger partial charge >= 0.3 is 5.97 Å². The number of methoxy groups -OCH3 is 1. The topological polar surface area (TPSA) is 77.7 Å². The van der Waals surface area contributed by atoms with E-state index in [4.69, 9.17) is 11.2 Å². The highest BCUT2D eigenvalue weighted by atomic mass is 32.2. The number of carbonyl (C=O) groups is 1. The maximum Gasteiger partial charge on any atom is 0.337 e. The number of carbonyl (C=O) groups excluding carboxylic acids is 1. The van der Waals surface area contributed by atoms with Gasteiger partial charge in [-0.2, -0.15) is 8.42 Å². The monoisotopic (exact) mass is 392 g/mol. The maximum absolute atomic E-state index is 12.4. The molecule has 0 spiro atoms. The lowest BCUT2D eigenvalue weighted by Crippen LogP contribution is -2.16. The molecular formula is C16H12N2O4S3. The van der Waals surface area contributed by atoms with Gasteiger partial charge in [0.05, 0.1) is 29.4 Å².